The molecule has 1 rings (SSSR count). The molecular weight excluding hydrogens is 205 g/mol. The monoisotopic (exact) mass is 221 g/mol. The second-order valence-corrected chi connectivity index (χ2v) is 3.46. The minimum atomic E-state index is -0.341. The molecule has 1 aromatic rings. The molecule has 16 heavy (non-hydrogen) atoms. The van der Waals surface area contributed by atoms with Gasteiger partial charge < -0.3 is 10.5 Å². The highest BCUT2D eigenvalue weighted by Gasteiger charge is 2.04. The van der Waals surface area contributed by atoms with E-state index >= 15 is 0 Å². The van der Waals surface area contributed by atoms with E-state index in [-0.39, 0.29) is 11.6 Å². The lowest BCUT2D eigenvalue weighted by molar-refractivity contribution is 0.297. The van der Waals surface area contributed by atoms with Crippen molar-refractivity contribution in [2.45, 2.75) is 19.3 Å². The normalized spacial score (nSPS) is 9.81. The van der Waals surface area contributed by atoms with Crippen LogP contribution in [0.2, 0.25) is 0 Å². The summed E-state index contributed by atoms with van der Waals surface area (Å²) in [6, 6.07) is 4.92. The number of terminal acetylenes is 1. The molecule has 0 unspecified atom stereocenters. The Morgan fingerprint density at radius 3 is 2.88 bits per heavy atom. The van der Waals surface area contributed by atoms with Gasteiger partial charge >= 0.3 is 0 Å². The Hall–Kier alpha value is -1.53. The minimum absolute atomic E-state index is 0.276. The van der Waals surface area contributed by atoms with E-state index in [1.807, 2.05) is 6.07 Å². The van der Waals surface area contributed by atoms with Gasteiger partial charge in [0.1, 0.15) is 0 Å². The van der Waals surface area contributed by atoms with Crippen LogP contribution in [0.3, 0.4) is 0 Å². The molecule has 0 saturated carbocycles. The zero-order valence-electron chi connectivity index (χ0n) is 9.21. The molecule has 2 nitrogen and oxygen atoms in total. The van der Waals surface area contributed by atoms with E-state index in [4.69, 9.17) is 16.9 Å². The van der Waals surface area contributed by atoms with E-state index in [9.17, 15) is 4.39 Å². The van der Waals surface area contributed by atoms with Crippen molar-refractivity contribution in [3.63, 3.8) is 0 Å². The molecule has 0 spiro atoms. The summed E-state index contributed by atoms with van der Waals surface area (Å²) in [6.07, 6.45) is 7.16. The van der Waals surface area contributed by atoms with Crippen LogP contribution >= 0.6 is 0 Å². The highest BCUT2D eigenvalue weighted by atomic mass is 19.1. The maximum Gasteiger partial charge on any atom is 0.165 e. The van der Waals surface area contributed by atoms with Gasteiger partial charge in [0.15, 0.2) is 11.6 Å². The van der Waals surface area contributed by atoms with Crippen molar-refractivity contribution in [2.24, 2.45) is 5.73 Å². The molecule has 1 aromatic carbocycles. The predicted molar refractivity (Wildman–Crippen MR) is 62.7 cm³/mol. The van der Waals surface area contributed by atoms with Crippen LogP contribution in [0.25, 0.3) is 0 Å². The maximum absolute atomic E-state index is 13.5. The third-order valence-corrected chi connectivity index (χ3v) is 2.15. The van der Waals surface area contributed by atoms with Gasteiger partial charge in [-0.25, -0.2) is 4.39 Å². The van der Waals surface area contributed by atoms with E-state index in [1.54, 1.807) is 6.07 Å². The molecule has 3 heteroatoms. The first kappa shape index (κ1) is 12.5. The molecule has 0 heterocycles. The molecule has 0 aromatic heterocycles. The summed E-state index contributed by atoms with van der Waals surface area (Å²) in [5.74, 6) is 2.44. The molecular formula is C13H16FNO. The van der Waals surface area contributed by atoms with Crippen LogP contribution in [0.5, 0.6) is 5.75 Å². The van der Waals surface area contributed by atoms with Gasteiger partial charge in [-0.2, -0.15) is 0 Å². The summed E-state index contributed by atoms with van der Waals surface area (Å²) < 4.78 is 18.7. The fourth-order valence-corrected chi connectivity index (χ4v) is 1.34. The zero-order chi connectivity index (χ0) is 11.8. The first-order chi connectivity index (χ1) is 7.77. The van der Waals surface area contributed by atoms with Gasteiger partial charge in [-0.05, 0) is 37.1 Å². The summed E-state index contributed by atoms with van der Waals surface area (Å²) in [5, 5.41) is 0. The van der Waals surface area contributed by atoms with Gasteiger partial charge in [0, 0.05) is 6.42 Å². The molecule has 0 amide bonds. The summed E-state index contributed by atoms with van der Waals surface area (Å²) in [4.78, 5) is 0. The number of hydrogen-bond acceptors (Lipinski definition) is 2. The quantitative estimate of drug-likeness (QED) is 0.590. The van der Waals surface area contributed by atoms with E-state index in [2.05, 4.69) is 5.92 Å². The fraction of sp³-hybridized carbons (Fsp3) is 0.385. The molecule has 2 N–H and O–H groups in total. The van der Waals surface area contributed by atoms with Crippen molar-refractivity contribution >= 4 is 0 Å². The lowest BCUT2D eigenvalue weighted by Crippen LogP contribution is -2.04. The number of nitrogens with two attached hydrogens (primary N) is 1. The van der Waals surface area contributed by atoms with Crippen LogP contribution in [0, 0.1) is 18.2 Å². The largest absolute Gasteiger partial charge is 0.490 e. The van der Waals surface area contributed by atoms with Crippen LogP contribution < -0.4 is 10.5 Å². The number of halogens is 1. The average Bonchev–Trinajstić information content (AvgIpc) is 2.27. The average molecular weight is 221 g/mol. The predicted octanol–water partition coefficient (Wildman–Crippen LogP) is 2.12. The summed E-state index contributed by atoms with van der Waals surface area (Å²) in [5.41, 5.74) is 6.27. The van der Waals surface area contributed by atoms with Gasteiger partial charge in [-0.3, -0.25) is 0 Å². The molecule has 86 valence electrons. The number of ether oxygens (including phenoxy) is 1. The van der Waals surface area contributed by atoms with E-state index in [0.717, 1.165) is 12.0 Å². The first-order valence-electron chi connectivity index (χ1n) is 5.32. The molecule has 0 bridgehead atoms. The smallest absolute Gasteiger partial charge is 0.165 e. The van der Waals surface area contributed by atoms with Crippen molar-refractivity contribution in [1.29, 1.82) is 0 Å². The Labute approximate surface area is 95.6 Å². The van der Waals surface area contributed by atoms with Crippen LogP contribution in [-0.2, 0) is 6.42 Å². The molecule has 0 atom stereocenters. The van der Waals surface area contributed by atoms with Crippen molar-refractivity contribution in [3.8, 4) is 18.1 Å². The van der Waals surface area contributed by atoms with Gasteiger partial charge in [0.2, 0.25) is 0 Å². The fourth-order valence-electron chi connectivity index (χ4n) is 1.34. The van der Waals surface area contributed by atoms with Crippen LogP contribution in [-0.4, -0.2) is 13.2 Å². The first-order valence-corrected chi connectivity index (χ1v) is 5.32. The number of hydrogen-bond donors (Lipinski definition) is 1. The SMILES string of the molecule is C#CCCCOc1ccc(CCN)cc1F. The Morgan fingerprint density at radius 2 is 2.25 bits per heavy atom. The lowest BCUT2D eigenvalue weighted by atomic mass is 10.1. The van der Waals surface area contributed by atoms with Crippen molar-refractivity contribution in [1.82, 2.24) is 0 Å². The van der Waals surface area contributed by atoms with Crippen molar-refractivity contribution < 1.29 is 9.13 Å². The Kier molecular flexibility index (Phi) is 5.38. The van der Waals surface area contributed by atoms with E-state index < -0.39 is 0 Å². The topological polar surface area (TPSA) is 35.2 Å². The summed E-state index contributed by atoms with van der Waals surface area (Å²) >= 11 is 0. The lowest BCUT2D eigenvalue weighted by Gasteiger charge is -2.07. The maximum atomic E-state index is 13.5. The minimum Gasteiger partial charge on any atom is -0.490 e. The Bertz CT molecular complexity index is 371. The highest BCUT2D eigenvalue weighted by Crippen LogP contribution is 2.18. The third kappa shape index (κ3) is 3.92. The molecule has 0 aliphatic rings. The number of rotatable bonds is 6. The third-order valence-electron chi connectivity index (χ3n) is 2.15. The van der Waals surface area contributed by atoms with Crippen LogP contribution in [0.4, 0.5) is 4.39 Å². The number of benzene rings is 1. The molecule has 0 aliphatic heterocycles. The van der Waals surface area contributed by atoms with Gasteiger partial charge in [0.25, 0.3) is 0 Å². The van der Waals surface area contributed by atoms with E-state index in [1.165, 1.54) is 6.07 Å². The van der Waals surface area contributed by atoms with Crippen LogP contribution in [0.1, 0.15) is 18.4 Å². The Balaban J connectivity index is 2.51. The Morgan fingerprint density at radius 1 is 1.44 bits per heavy atom. The summed E-state index contributed by atoms with van der Waals surface area (Å²) in [6.45, 7) is 0.958. The zero-order valence-corrected chi connectivity index (χ0v) is 9.21. The molecule has 0 radical (unpaired) electrons. The molecule has 0 aliphatic carbocycles. The second-order valence-electron chi connectivity index (χ2n) is 3.46. The molecule has 0 fully saturated rings. The second kappa shape index (κ2) is 6.86. The molecule has 0 saturated heterocycles. The van der Waals surface area contributed by atoms with Gasteiger partial charge in [-0.1, -0.05) is 6.07 Å². The van der Waals surface area contributed by atoms with Gasteiger partial charge in [0.05, 0.1) is 6.61 Å². The van der Waals surface area contributed by atoms with Crippen LogP contribution in [0.15, 0.2) is 18.2 Å². The van der Waals surface area contributed by atoms with Crippen molar-refractivity contribution in [3.05, 3.63) is 29.6 Å². The van der Waals surface area contributed by atoms with Gasteiger partial charge in [-0.15, -0.1) is 12.3 Å². The van der Waals surface area contributed by atoms with Crippen molar-refractivity contribution in [2.75, 3.05) is 13.2 Å². The van der Waals surface area contributed by atoms with E-state index in [0.29, 0.717) is 26.0 Å². The highest BCUT2D eigenvalue weighted by molar-refractivity contribution is 5.29. The number of unbranched alkanes of at least 4 members (excludes halogenated alkanes) is 1. The summed E-state index contributed by atoms with van der Waals surface area (Å²) in [7, 11) is 0. The standard InChI is InChI=1S/C13H16FNO/c1-2-3-4-9-16-13-6-5-11(7-8-15)10-12(13)14/h1,5-6,10H,3-4,7-9,15H2.